The number of rotatable bonds is 2. The number of fused-ring (bicyclic) bond motifs is 1. The predicted molar refractivity (Wildman–Crippen MR) is 77.4 cm³/mol. The first-order valence-corrected chi connectivity index (χ1v) is 6.97. The van der Waals surface area contributed by atoms with Crippen LogP contribution in [0.5, 0.6) is 0 Å². The number of Topliss-reactive ketones (excluding diaryl/α,β-unsaturated/α-hetero) is 1. The molecule has 1 aliphatic rings. The molecule has 108 valence electrons. The smallest absolute Gasteiger partial charge is 0.165 e. The van der Waals surface area contributed by atoms with Crippen LogP contribution in [0.1, 0.15) is 28.8 Å². The van der Waals surface area contributed by atoms with Crippen molar-refractivity contribution in [3.05, 3.63) is 65.2 Å². The molecule has 0 saturated carbocycles. The molecule has 2 aromatic rings. The van der Waals surface area contributed by atoms with Crippen LogP contribution in [0.2, 0.25) is 0 Å². The molecule has 21 heavy (non-hydrogen) atoms. The quantitative estimate of drug-likeness (QED) is 0.833. The Bertz CT molecular complexity index is 664. The molecule has 3 rings (SSSR count). The lowest BCUT2D eigenvalue weighted by Gasteiger charge is -2.25. The normalized spacial score (nSPS) is 14.8. The zero-order chi connectivity index (χ0) is 14.8. The van der Waals surface area contributed by atoms with E-state index in [1.165, 1.54) is 18.2 Å². The van der Waals surface area contributed by atoms with Crippen molar-refractivity contribution >= 4 is 11.5 Å². The maximum absolute atomic E-state index is 13.8. The second-order valence-corrected chi connectivity index (χ2v) is 5.17. The van der Waals surface area contributed by atoms with Crippen LogP contribution in [0.3, 0.4) is 0 Å². The molecule has 1 heterocycles. The molecule has 0 N–H and O–H groups in total. The molecule has 2 nitrogen and oxygen atoms in total. The van der Waals surface area contributed by atoms with Crippen LogP contribution in [0, 0.1) is 11.6 Å². The van der Waals surface area contributed by atoms with Crippen LogP contribution >= 0.6 is 0 Å². The Hall–Kier alpha value is -2.23. The van der Waals surface area contributed by atoms with Gasteiger partial charge in [0.1, 0.15) is 11.6 Å². The van der Waals surface area contributed by atoms with E-state index in [9.17, 15) is 13.6 Å². The molecule has 0 fully saturated rings. The molecule has 1 aliphatic heterocycles. The highest BCUT2D eigenvalue weighted by atomic mass is 19.1. The van der Waals surface area contributed by atoms with E-state index < -0.39 is 11.6 Å². The predicted octanol–water partition coefficient (Wildman–Crippen LogP) is 3.95. The van der Waals surface area contributed by atoms with Crippen molar-refractivity contribution in [3.8, 4) is 0 Å². The number of ketones is 1. The van der Waals surface area contributed by atoms with Crippen LogP contribution in [-0.2, 0) is 6.54 Å². The summed E-state index contributed by atoms with van der Waals surface area (Å²) in [6.45, 7) is 0.735. The third kappa shape index (κ3) is 2.66. The first-order valence-electron chi connectivity index (χ1n) is 6.97. The molecule has 0 unspecified atom stereocenters. The van der Waals surface area contributed by atoms with Gasteiger partial charge in [0.25, 0.3) is 0 Å². The van der Waals surface area contributed by atoms with Crippen molar-refractivity contribution in [2.75, 3.05) is 11.4 Å². The van der Waals surface area contributed by atoms with Gasteiger partial charge in [0.2, 0.25) is 0 Å². The summed E-state index contributed by atoms with van der Waals surface area (Å²) in [6, 6.07) is 11.1. The fourth-order valence-corrected chi connectivity index (χ4v) is 2.71. The van der Waals surface area contributed by atoms with Crippen LogP contribution in [-0.4, -0.2) is 12.3 Å². The summed E-state index contributed by atoms with van der Waals surface area (Å²) in [5.41, 5.74) is 1.43. The number of benzene rings is 2. The summed E-state index contributed by atoms with van der Waals surface area (Å²) in [6.07, 6.45) is 1.15. The zero-order valence-corrected chi connectivity index (χ0v) is 11.5. The van der Waals surface area contributed by atoms with E-state index in [4.69, 9.17) is 0 Å². The SMILES string of the molecule is O=C1CCCN(Cc2c(F)cccc2F)c2ccccc21. The molecule has 0 atom stereocenters. The van der Waals surface area contributed by atoms with Crippen LogP contribution in [0.4, 0.5) is 14.5 Å². The highest BCUT2D eigenvalue weighted by Gasteiger charge is 2.22. The molecule has 0 bridgehead atoms. The lowest BCUT2D eigenvalue weighted by molar-refractivity contribution is 0.0984. The van der Waals surface area contributed by atoms with Crippen LogP contribution < -0.4 is 4.90 Å². The fourth-order valence-electron chi connectivity index (χ4n) is 2.71. The van der Waals surface area contributed by atoms with Crippen molar-refractivity contribution in [1.29, 1.82) is 0 Å². The Balaban J connectivity index is 1.99. The van der Waals surface area contributed by atoms with Gasteiger partial charge in [0, 0.05) is 36.3 Å². The minimum absolute atomic E-state index is 0.0432. The average Bonchev–Trinajstić information content (AvgIpc) is 2.63. The van der Waals surface area contributed by atoms with Crippen LogP contribution in [0.15, 0.2) is 42.5 Å². The summed E-state index contributed by atoms with van der Waals surface area (Å²) >= 11 is 0. The molecule has 0 saturated heterocycles. The van der Waals surface area contributed by atoms with Gasteiger partial charge >= 0.3 is 0 Å². The highest BCUT2D eigenvalue weighted by molar-refractivity contribution is 6.01. The van der Waals surface area contributed by atoms with Gasteiger partial charge in [-0.3, -0.25) is 4.79 Å². The molecule has 4 heteroatoms. The Morgan fingerprint density at radius 2 is 1.71 bits per heavy atom. The number of anilines is 1. The summed E-state index contributed by atoms with van der Waals surface area (Å²) in [7, 11) is 0. The van der Waals surface area contributed by atoms with Crippen molar-refractivity contribution in [2.45, 2.75) is 19.4 Å². The first kappa shape index (κ1) is 13.7. The highest BCUT2D eigenvalue weighted by Crippen LogP contribution is 2.28. The van der Waals surface area contributed by atoms with Crippen molar-refractivity contribution < 1.29 is 13.6 Å². The Morgan fingerprint density at radius 3 is 2.48 bits per heavy atom. The summed E-state index contributed by atoms with van der Waals surface area (Å²) < 4.78 is 27.7. The summed E-state index contributed by atoms with van der Waals surface area (Å²) in [4.78, 5) is 13.9. The molecule has 0 radical (unpaired) electrons. The number of hydrogen-bond acceptors (Lipinski definition) is 2. The van der Waals surface area contributed by atoms with Gasteiger partial charge in [-0.05, 0) is 30.7 Å². The number of hydrogen-bond donors (Lipinski definition) is 0. The number of carbonyl (C=O) groups excluding carboxylic acids is 1. The van der Waals surface area contributed by atoms with Gasteiger partial charge in [-0.2, -0.15) is 0 Å². The molecule has 0 aliphatic carbocycles. The van der Waals surface area contributed by atoms with Crippen molar-refractivity contribution in [2.24, 2.45) is 0 Å². The fraction of sp³-hybridized carbons (Fsp3) is 0.235. The summed E-state index contributed by atoms with van der Waals surface area (Å²) in [5, 5.41) is 0. The second-order valence-electron chi connectivity index (χ2n) is 5.17. The van der Waals surface area contributed by atoms with E-state index in [0.717, 1.165) is 5.69 Å². The number of halogens is 2. The molecule has 0 amide bonds. The number of carbonyl (C=O) groups is 1. The van der Waals surface area contributed by atoms with E-state index in [-0.39, 0.29) is 17.9 Å². The second kappa shape index (κ2) is 5.64. The molecule has 0 aromatic heterocycles. The lowest BCUT2D eigenvalue weighted by Crippen LogP contribution is -2.24. The van der Waals surface area contributed by atoms with E-state index in [0.29, 0.717) is 24.9 Å². The van der Waals surface area contributed by atoms with E-state index in [2.05, 4.69) is 0 Å². The maximum Gasteiger partial charge on any atom is 0.165 e. The monoisotopic (exact) mass is 287 g/mol. The molecule has 0 spiro atoms. The molecule has 2 aromatic carbocycles. The van der Waals surface area contributed by atoms with E-state index >= 15 is 0 Å². The third-order valence-corrected chi connectivity index (χ3v) is 3.79. The lowest BCUT2D eigenvalue weighted by atomic mass is 10.1. The minimum Gasteiger partial charge on any atom is -0.366 e. The number of nitrogens with zero attached hydrogens (tertiary/aromatic N) is 1. The van der Waals surface area contributed by atoms with Crippen molar-refractivity contribution in [1.82, 2.24) is 0 Å². The Kier molecular flexibility index (Phi) is 3.69. The topological polar surface area (TPSA) is 20.3 Å². The van der Waals surface area contributed by atoms with E-state index in [1.807, 2.05) is 23.1 Å². The Labute approximate surface area is 122 Å². The van der Waals surface area contributed by atoms with Gasteiger partial charge < -0.3 is 4.90 Å². The largest absolute Gasteiger partial charge is 0.366 e. The van der Waals surface area contributed by atoms with Gasteiger partial charge in [0.05, 0.1) is 0 Å². The number of para-hydroxylation sites is 1. The van der Waals surface area contributed by atoms with Crippen molar-refractivity contribution in [3.63, 3.8) is 0 Å². The molecular formula is C17H15F2NO. The van der Waals surface area contributed by atoms with Gasteiger partial charge in [0.15, 0.2) is 5.78 Å². The van der Waals surface area contributed by atoms with Gasteiger partial charge in [-0.1, -0.05) is 18.2 Å². The maximum atomic E-state index is 13.8. The molecular weight excluding hydrogens is 272 g/mol. The minimum atomic E-state index is -0.553. The third-order valence-electron chi connectivity index (χ3n) is 3.79. The van der Waals surface area contributed by atoms with Gasteiger partial charge in [-0.25, -0.2) is 8.78 Å². The first-order chi connectivity index (χ1) is 10.2. The average molecular weight is 287 g/mol. The van der Waals surface area contributed by atoms with E-state index in [1.54, 1.807) is 6.07 Å². The Morgan fingerprint density at radius 1 is 1.00 bits per heavy atom. The summed E-state index contributed by atoms with van der Waals surface area (Å²) in [5.74, 6) is -1.02. The standard InChI is InChI=1S/C17H15F2NO/c18-14-6-3-7-15(19)13(14)11-20-10-4-9-17(21)12-5-1-2-8-16(12)20/h1-3,5-8H,4,9-11H2. The van der Waals surface area contributed by atoms with Gasteiger partial charge in [-0.15, -0.1) is 0 Å². The van der Waals surface area contributed by atoms with Crippen LogP contribution in [0.25, 0.3) is 0 Å². The zero-order valence-electron chi connectivity index (χ0n) is 11.5.